The van der Waals surface area contributed by atoms with Crippen LogP contribution in [0, 0.1) is 5.82 Å². The molecule has 1 aromatic carbocycles. The van der Waals surface area contributed by atoms with Gasteiger partial charge in [0.25, 0.3) is 6.02 Å². The predicted molar refractivity (Wildman–Crippen MR) is 62.8 cm³/mol. The number of hydrogen-bond donors (Lipinski definition) is 2. The molecule has 1 atom stereocenters. The Morgan fingerprint density at radius 3 is 2.61 bits per heavy atom. The van der Waals surface area contributed by atoms with Gasteiger partial charge in [0, 0.05) is 17.7 Å². The number of nitrogens with zero attached hydrogens (tertiary/aromatic N) is 1. The molecular formula is C11H14F3N3O. The summed E-state index contributed by atoms with van der Waals surface area (Å²) in [5, 5.41) is 0. The molecule has 0 saturated carbocycles. The van der Waals surface area contributed by atoms with E-state index in [1.165, 1.54) is 12.1 Å². The minimum Gasteiger partial charge on any atom is -0.465 e. The Morgan fingerprint density at radius 2 is 2.00 bits per heavy atom. The van der Waals surface area contributed by atoms with Gasteiger partial charge < -0.3 is 16.2 Å². The zero-order valence-electron chi connectivity index (χ0n) is 9.57. The summed E-state index contributed by atoms with van der Waals surface area (Å²) in [6.45, 7) is -1.30. The van der Waals surface area contributed by atoms with Gasteiger partial charge in [0.2, 0.25) is 6.93 Å². The molecule has 0 spiro atoms. The van der Waals surface area contributed by atoms with Crippen LogP contribution in [0.1, 0.15) is 18.0 Å². The van der Waals surface area contributed by atoms with E-state index in [1.54, 1.807) is 6.07 Å². The fraction of sp³-hybridized carbons (Fsp3) is 0.364. The minimum atomic E-state index is -1.75. The predicted octanol–water partition coefficient (Wildman–Crippen LogP) is 2.07. The first kappa shape index (κ1) is 14.1. The molecule has 0 aromatic heterocycles. The fourth-order valence-electron chi connectivity index (χ4n) is 1.57. The van der Waals surface area contributed by atoms with Crippen LogP contribution in [0.5, 0.6) is 0 Å². The molecule has 1 aliphatic heterocycles. The van der Waals surface area contributed by atoms with E-state index in [0.717, 1.165) is 0 Å². The van der Waals surface area contributed by atoms with Gasteiger partial charge in [-0.1, -0.05) is 0 Å². The van der Waals surface area contributed by atoms with Crippen molar-refractivity contribution in [3.8, 4) is 0 Å². The van der Waals surface area contributed by atoms with Crippen LogP contribution in [0.25, 0.3) is 0 Å². The van der Waals surface area contributed by atoms with Gasteiger partial charge in [-0.05, 0) is 18.2 Å². The highest BCUT2D eigenvalue weighted by Gasteiger charge is 2.19. The third kappa shape index (κ3) is 3.83. The number of nitrogens with two attached hydrogens (primary N) is 2. The number of aliphatic imine (C=N–C) groups is 1. The van der Waals surface area contributed by atoms with E-state index in [-0.39, 0.29) is 17.9 Å². The summed E-state index contributed by atoms with van der Waals surface area (Å²) in [5.41, 5.74) is 12.0. The average Bonchev–Trinajstić information content (AvgIpc) is 2.33. The summed E-state index contributed by atoms with van der Waals surface area (Å²) in [5.74, 6) is -0.312. The normalized spacial score (nSPS) is 18.2. The molecule has 0 aliphatic carbocycles. The standard InChI is InChI=1S/C10H12FN3O.CH2F2/c11-8-2-1-6(12)5-7(8)9-3-4-15-10(13)14-9;2-1-3/h1-2,5,9H,3-4,12H2,(H2,13,14);1H2/t9-;/m0./s1. The lowest BCUT2D eigenvalue weighted by Gasteiger charge is -2.19. The fourth-order valence-corrected chi connectivity index (χ4v) is 1.57. The molecule has 0 amide bonds. The number of alkyl halides is 2. The van der Waals surface area contributed by atoms with E-state index >= 15 is 0 Å². The van der Waals surface area contributed by atoms with Crippen molar-refractivity contribution in [1.82, 2.24) is 0 Å². The number of anilines is 1. The second-order valence-electron chi connectivity index (χ2n) is 3.50. The second kappa shape index (κ2) is 6.73. The van der Waals surface area contributed by atoms with E-state index in [1.807, 2.05) is 0 Å². The number of halogens is 3. The number of amidine groups is 1. The lowest BCUT2D eigenvalue weighted by atomic mass is 10.0. The quantitative estimate of drug-likeness (QED) is 0.760. The largest absolute Gasteiger partial charge is 0.465 e. The van der Waals surface area contributed by atoms with E-state index < -0.39 is 6.93 Å². The van der Waals surface area contributed by atoms with E-state index in [2.05, 4.69) is 4.99 Å². The third-order valence-electron chi connectivity index (χ3n) is 2.30. The van der Waals surface area contributed by atoms with Crippen LogP contribution in [-0.2, 0) is 4.74 Å². The van der Waals surface area contributed by atoms with E-state index in [0.29, 0.717) is 24.3 Å². The highest BCUT2D eigenvalue weighted by atomic mass is 19.3. The minimum absolute atomic E-state index is 0.105. The van der Waals surface area contributed by atoms with Crippen LogP contribution in [0.15, 0.2) is 23.2 Å². The highest BCUT2D eigenvalue weighted by Crippen LogP contribution is 2.27. The molecular weight excluding hydrogens is 247 g/mol. The summed E-state index contributed by atoms with van der Waals surface area (Å²) >= 11 is 0. The van der Waals surface area contributed by atoms with Crippen molar-refractivity contribution in [2.45, 2.75) is 12.5 Å². The topological polar surface area (TPSA) is 73.6 Å². The Hall–Kier alpha value is -1.92. The molecule has 0 radical (unpaired) electrons. The Bertz CT molecular complexity index is 426. The maximum absolute atomic E-state index is 13.5. The van der Waals surface area contributed by atoms with Crippen LogP contribution >= 0.6 is 0 Å². The Morgan fingerprint density at radius 1 is 1.33 bits per heavy atom. The number of rotatable bonds is 1. The first-order valence-corrected chi connectivity index (χ1v) is 5.21. The Labute approximate surface area is 102 Å². The average molecular weight is 261 g/mol. The summed E-state index contributed by atoms with van der Waals surface area (Å²) in [6.07, 6.45) is 0.612. The summed E-state index contributed by atoms with van der Waals surface area (Å²) in [4.78, 5) is 4.03. The van der Waals surface area contributed by atoms with Crippen LogP contribution in [0.2, 0.25) is 0 Å². The number of nitrogen functional groups attached to an aromatic ring is 1. The maximum Gasteiger partial charge on any atom is 0.282 e. The van der Waals surface area contributed by atoms with Gasteiger partial charge in [0.1, 0.15) is 5.82 Å². The Kier molecular flexibility index (Phi) is 5.29. The number of ether oxygens (including phenoxy) is 1. The van der Waals surface area contributed by atoms with E-state index in [4.69, 9.17) is 16.2 Å². The van der Waals surface area contributed by atoms with Crippen molar-refractivity contribution in [1.29, 1.82) is 0 Å². The molecule has 4 N–H and O–H groups in total. The molecule has 0 unspecified atom stereocenters. The maximum atomic E-state index is 13.5. The first-order valence-electron chi connectivity index (χ1n) is 5.21. The number of benzene rings is 1. The monoisotopic (exact) mass is 261 g/mol. The second-order valence-corrected chi connectivity index (χ2v) is 3.50. The third-order valence-corrected chi connectivity index (χ3v) is 2.30. The smallest absolute Gasteiger partial charge is 0.282 e. The van der Waals surface area contributed by atoms with Crippen LogP contribution < -0.4 is 11.5 Å². The zero-order valence-corrected chi connectivity index (χ0v) is 9.57. The van der Waals surface area contributed by atoms with Gasteiger partial charge in [-0.15, -0.1) is 0 Å². The molecule has 7 heteroatoms. The van der Waals surface area contributed by atoms with Crippen molar-refractivity contribution < 1.29 is 17.9 Å². The number of hydrogen-bond acceptors (Lipinski definition) is 4. The van der Waals surface area contributed by atoms with Crippen LogP contribution in [0.3, 0.4) is 0 Å². The summed E-state index contributed by atoms with van der Waals surface area (Å²) < 4.78 is 37.7. The van der Waals surface area contributed by atoms with Gasteiger partial charge in [-0.2, -0.15) is 0 Å². The van der Waals surface area contributed by atoms with Gasteiger partial charge in [0.15, 0.2) is 0 Å². The van der Waals surface area contributed by atoms with E-state index in [9.17, 15) is 13.2 Å². The van der Waals surface area contributed by atoms with Crippen molar-refractivity contribution in [3.05, 3.63) is 29.6 Å². The summed E-state index contributed by atoms with van der Waals surface area (Å²) in [6, 6.07) is 4.26. The highest BCUT2D eigenvalue weighted by molar-refractivity contribution is 5.72. The van der Waals surface area contributed by atoms with Crippen molar-refractivity contribution in [3.63, 3.8) is 0 Å². The SMILES string of the molecule is FCF.NC1=N[C@H](c2cc(N)ccc2F)CCO1. The molecule has 18 heavy (non-hydrogen) atoms. The molecule has 100 valence electrons. The van der Waals surface area contributed by atoms with Crippen LogP contribution in [-0.4, -0.2) is 19.6 Å². The molecule has 0 fully saturated rings. The molecule has 1 aliphatic rings. The zero-order chi connectivity index (χ0) is 13.5. The van der Waals surface area contributed by atoms with Crippen molar-refractivity contribution in [2.24, 2.45) is 10.7 Å². The van der Waals surface area contributed by atoms with Crippen LogP contribution in [0.4, 0.5) is 18.9 Å². The van der Waals surface area contributed by atoms with Gasteiger partial charge in [-0.25, -0.2) is 18.2 Å². The molecule has 0 bridgehead atoms. The molecule has 0 saturated heterocycles. The lowest BCUT2D eigenvalue weighted by molar-refractivity contribution is 0.255. The molecule has 1 heterocycles. The lowest BCUT2D eigenvalue weighted by Crippen LogP contribution is -2.24. The summed E-state index contributed by atoms with van der Waals surface area (Å²) in [7, 11) is 0. The van der Waals surface area contributed by atoms with Crippen molar-refractivity contribution >= 4 is 11.7 Å². The Balaban J connectivity index is 0.000000492. The van der Waals surface area contributed by atoms with Crippen molar-refractivity contribution in [2.75, 3.05) is 19.3 Å². The molecule has 4 nitrogen and oxygen atoms in total. The molecule has 2 rings (SSSR count). The first-order chi connectivity index (χ1) is 8.58. The molecule has 1 aromatic rings. The van der Waals surface area contributed by atoms with Gasteiger partial charge in [-0.3, -0.25) is 0 Å². The van der Waals surface area contributed by atoms with Gasteiger partial charge in [0.05, 0.1) is 12.6 Å². The van der Waals surface area contributed by atoms with Gasteiger partial charge >= 0.3 is 0 Å².